The largest absolute Gasteiger partial charge is 0.477 e. The summed E-state index contributed by atoms with van der Waals surface area (Å²) >= 11 is 3.77. The molecule has 1 unspecified atom stereocenters. The minimum atomic E-state index is -1.25. The molecule has 0 aromatic carbocycles. The molecule has 1 fully saturated rings. The number of aryl methyl sites for hydroxylation is 1. The third-order valence-electron chi connectivity index (χ3n) is 4.72. The fourth-order valence-electron chi connectivity index (χ4n) is 3.28. The fraction of sp³-hybridized carbons (Fsp3) is 0.333. The zero-order valence-electron chi connectivity index (χ0n) is 17.8. The highest BCUT2D eigenvalue weighted by atomic mass is 32.2. The summed E-state index contributed by atoms with van der Waals surface area (Å²) < 4.78 is 0. The van der Waals surface area contributed by atoms with Gasteiger partial charge in [0.25, 0.3) is 11.8 Å². The Hall–Kier alpha value is -3.37. The molecule has 4 N–H and O–H groups in total. The van der Waals surface area contributed by atoms with E-state index >= 15 is 0 Å². The maximum atomic E-state index is 12.8. The fourth-order valence-corrected chi connectivity index (χ4v) is 5.79. The van der Waals surface area contributed by atoms with E-state index in [9.17, 15) is 19.5 Å². The molecule has 0 saturated carbocycles. The van der Waals surface area contributed by atoms with Crippen LogP contribution in [0.4, 0.5) is 10.3 Å². The summed E-state index contributed by atoms with van der Waals surface area (Å²) in [4.78, 5) is 51.7. The number of hydrogen-bond acceptors (Lipinski definition) is 13. The van der Waals surface area contributed by atoms with Gasteiger partial charge in [-0.05, 0) is 12.5 Å². The van der Waals surface area contributed by atoms with Crippen molar-refractivity contribution in [2.75, 3.05) is 25.1 Å². The third-order valence-corrected chi connectivity index (χ3v) is 7.58. The van der Waals surface area contributed by atoms with Crippen molar-refractivity contribution in [1.82, 2.24) is 20.2 Å². The maximum absolute atomic E-state index is 12.8. The van der Waals surface area contributed by atoms with Gasteiger partial charge in [0.1, 0.15) is 29.9 Å². The Morgan fingerprint density at radius 2 is 2.15 bits per heavy atom. The van der Waals surface area contributed by atoms with Crippen molar-refractivity contribution >= 4 is 68.2 Å². The van der Waals surface area contributed by atoms with Crippen molar-refractivity contribution in [3.63, 3.8) is 0 Å². The lowest BCUT2D eigenvalue weighted by Gasteiger charge is -2.49. The first-order chi connectivity index (χ1) is 16.3. The number of nitrogen functional groups attached to an aromatic ring is 1. The Balaban J connectivity index is 1.48. The molecule has 1 saturated heterocycles. The van der Waals surface area contributed by atoms with Crippen LogP contribution in [0.2, 0.25) is 0 Å². The molecule has 2 aromatic heterocycles. The smallest absolute Gasteiger partial charge is 0.352 e. The molecule has 2 aliphatic heterocycles. The number of anilines is 1. The number of rotatable bonds is 8. The summed E-state index contributed by atoms with van der Waals surface area (Å²) in [6, 6.07) is -0.939. The van der Waals surface area contributed by atoms with E-state index in [0.29, 0.717) is 16.5 Å². The standard InChI is InChI=1S/C18H18N8O5S3/c1-7-4-34-18(21-7)24-20-3-8-5-32-15-11(14(28)26(15)12(8)16(29)30)23-13(27)10(25-31-2)9-6-33-17(19)22-9/h4,6,11,15H,3,5H2,1-2H3,(H2,19,22)(H,23,27)(H,29,30)/t11?,15-/m0/s1. The number of carbonyl (C=O) groups excluding carboxylic acids is 2. The van der Waals surface area contributed by atoms with Crippen molar-refractivity contribution in [3.8, 4) is 0 Å². The van der Waals surface area contributed by atoms with E-state index in [1.54, 1.807) is 0 Å². The van der Waals surface area contributed by atoms with E-state index in [1.165, 1.54) is 35.6 Å². The van der Waals surface area contributed by atoms with Crippen molar-refractivity contribution in [1.29, 1.82) is 0 Å². The van der Waals surface area contributed by atoms with Crippen molar-refractivity contribution < 1.29 is 24.3 Å². The Morgan fingerprint density at radius 1 is 1.35 bits per heavy atom. The molecule has 4 rings (SSSR count). The molecule has 2 amide bonds. The van der Waals surface area contributed by atoms with Gasteiger partial charge in [-0.15, -0.1) is 39.5 Å². The van der Waals surface area contributed by atoms with Gasteiger partial charge in [0.05, 0.1) is 12.2 Å². The number of nitrogens with two attached hydrogens (primary N) is 1. The first-order valence-corrected chi connectivity index (χ1v) is 12.4. The predicted octanol–water partition coefficient (Wildman–Crippen LogP) is 1.36. The number of thiazole rings is 2. The summed E-state index contributed by atoms with van der Waals surface area (Å²) in [6.45, 7) is 1.84. The lowest BCUT2D eigenvalue weighted by molar-refractivity contribution is -0.150. The first-order valence-electron chi connectivity index (χ1n) is 9.63. The topological polar surface area (TPSA) is 185 Å². The molecule has 0 radical (unpaired) electrons. The van der Waals surface area contributed by atoms with E-state index in [2.05, 4.69) is 30.7 Å². The van der Waals surface area contributed by atoms with Crippen LogP contribution in [0.3, 0.4) is 0 Å². The number of carboxylic acid groups (broad SMARTS) is 1. The Kier molecular flexibility index (Phi) is 6.90. The number of aliphatic carboxylic acids is 1. The third kappa shape index (κ3) is 4.64. The number of nitrogens with one attached hydrogen (secondary N) is 1. The van der Waals surface area contributed by atoms with Gasteiger partial charge < -0.3 is 21.0 Å². The van der Waals surface area contributed by atoms with Crippen LogP contribution in [-0.2, 0) is 19.2 Å². The molecule has 4 heterocycles. The number of fused-ring (bicyclic) bond motifs is 1. The molecular weight excluding hydrogens is 504 g/mol. The van der Waals surface area contributed by atoms with E-state index in [1.807, 2.05) is 12.3 Å². The zero-order chi connectivity index (χ0) is 24.4. The van der Waals surface area contributed by atoms with Crippen LogP contribution in [-0.4, -0.2) is 74.3 Å². The van der Waals surface area contributed by atoms with Crippen LogP contribution < -0.4 is 11.1 Å². The van der Waals surface area contributed by atoms with Gasteiger partial charge >= 0.3 is 5.97 Å². The molecule has 0 aliphatic carbocycles. The Morgan fingerprint density at radius 3 is 2.76 bits per heavy atom. The van der Waals surface area contributed by atoms with Crippen molar-refractivity contribution in [3.05, 3.63) is 33.4 Å². The average molecular weight is 523 g/mol. The van der Waals surface area contributed by atoms with Gasteiger partial charge in [-0.25, -0.2) is 14.8 Å². The second-order valence-electron chi connectivity index (χ2n) is 6.98. The summed E-state index contributed by atoms with van der Waals surface area (Å²) in [5.41, 5.74) is 6.80. The SMILES string of the molecule is CON=C(C(=O)NC1C(=O)N2C(C(=O)O)=C(CN=Nc3nc(C)cs3)CS[C@@H]12)c1csc(N)n1. The van der Waals surface area contributed by atoms with Gasteiger partial charge in [0.2, 0.25) is 5.13 Å². The molecule has 178 valence electrons. The van der Waals surface area contributed by atoms with Crippen molar-refractivity contribution in [2.45, 2.75) is 18.3 Å². The summed E-state index contributed by atoms with van der Waals surface area (Å²) in [5, 5.41) is 27.6. The Labute approximate surface area is 204 Å². The number of aromatic nitrogens is 2. The van der Waals surface area contributed by atoms with Gasteiger partial charge in [-0.3, -0.25) is 14.5 Å². The zero-order valence-corrected chi connectivity index (χ0v) is 20.2. The monoisotopic (exact) mass is 522 g/mol. The van der Waals surface area contributed by atoms with Gasteiger partial charge in [0, 0.05) is 16.5 Å². The van der Waals surface area contributed by atoms with Crippen LogP contribution in [0, 0.1) is 6.92 Å². The van der Waals surface area contributed by atoms with E-state index in [-0.39, 0.29) is 28.8 Å². The number of azo groups is 1. The highest BCUT2D eigenvalue weighted by Crippen LogP contribution is 2.40. The number of hydrogen-bond donors (Lipinski definition) is 3. The molecule has 2 atom stereocenters. The summed E-state index contributed by atoms with van der Waals surface area (Å²) in [6.07, 6.45) is 0. The van der Waals surface area contributed by atoms with Crippen molar-refractivity contribution in [2.24, 2.45) is 15.4 Å². The molecule has 2 aliphatic rings. The Bertz CT molecular complexity index is 1240. The maximum Gasteiger partial charge on any atom is 0.352 e. The molecule has 16 heteroatoms. The number of carbonyl (C=O) groups is 3. The van der Waals surface area contributed by atoms with Gasteiger partial charge in [-0.2, -0.15) is 5.11 Å². The molecule has 34 heavy (non-hydrogen) atoms. The number of amides is 2. The predicted molar refractivity (Wildman–Crippen MR) is 126 cm³/mol. The number of thioether (sulfide) groups is 1. The minimum absolute atomic E-state index is 0.0106. The van der Waals surface area contributed by atoms with E-state index < -0.39 is 29.2 Å². The lowest BCUT2D eigenvalue weighted by atomic mass is 10.0. The summed E-state index contributed by atoms with van der Waals surface area (Å²) in [5.74, 6) is -2.19. The van der Waals surface area contributed by atoms with Crippen LogP contribution >= 0.6 is 34.4 Å². The second-order valence-corrected chi connectivity index (χ2v) is 9.81. The minimum Gasteiger partial charge on any atom is -0.477 e. The van der Waals surface area contributed by atoms with Crippen LogP contribution in [0.25, 0.3) is 0 Å². The molecule has 0 bridgehead atoms. The first kappa shape index (κ1) is 23.8. The van der Waals surface area contributed by atoms with Crippen LogP contribution in [0.15, 0.2) is 37.4 Å². The average Bonchev–Trinajstić information content (AvgIpc) is 3.42. The van der Waals surface area contributed by atoms with Crippen LogP contribution in [0.5, 0.6) is 0 Å². The van der Waals surface area contributed by atoms with E-state index in [4.69, 9.17) is 10.6 Å². The highest BCUT2D eigenvalue weighted by molar-refractivity contribution is 8.00. The van der Waals surface area contributed by atoms with Crippen LogP contribution in [0.1, 0.15) is 11.4 Å². The lowest BCUT2D eigenvalue weighted by Crippen LogP contribution is -2.71. The van der Waals surface area contributed by atoms with Gasteiger partial charge in [0.15, 0.2) is 10.8 Å². The summed E-state index contributed by atoms with van der Waals surface area (Å²) in [7, 11) is 1.27. The van der Waals surface area contributed by atoms with E-state index in [0.717, 1.165) is 21.9 Å². The molecule has 13 nitrogen and oxygen atoms in total. The molecule has 0 spiro atoms. The number of nitrogens with zero attached hydrogens (tertiary/aromatic N) is 6. The number of β-lactam (4-membered cyclic amide) rings is 1. The van der Waals surface area contributed by atoms with Gasteiger partial charge in [-0.1, -0.05) is 5.16 Å². The highest BCUT2D eigenvalue weighted by Gasteiger charge is 2.54. The second kappa shape index (κ2) is 9.86. The quantitative estimate of drug-likeness (QED) is 0.199. The normalized spacial score (nSPS) is 20.4. The number of oxime groups is 1. The molecule has 2 aromatic rings. The number of carboxylic acids is 1. The molecular formula is C18H18N8O5S3.